The standard InChI is InChI=1S/C22H17N4/c1-24-19-10-6-5-9-18(19)20-22(24)26(16-7-3-2-4-8-16)21-17-11-12-23-13-15(17)14-25(20)21/h2-13H,14H2,1H3/q+1. The number of aryl methyl sites for hydroxylation is 1. The van der Waals surface area contributed by atoms with Gasteiger partial charge in [-0.1, -0.05) is 30.3 Å². The Morgan fingerprint density at radius 3 is 2.65 bits per heavy atom. The van der Waals surface area contributed by atoms with E-state index < -0.39 is 0 Å². The van der Waals surface area contributed by atoms with Crippen LogP contribution in [0.1, 0.15) is 5.56 Å². The molecular formula is C22H17N4+. The summed E-state index contributed by atoms with van der Waals surface area (Å²) < 4.78 is 7.14. The topological polar surface area (TPSA) is 26.6 Å². The van der Waals surface area contributed by atoms with Gasteiger partial charge >= 0.3 is 0 Å². The minimum Gasteiger partial charge on any atom is -0.307 e. The van der Waals surface area contributed by atoms with E-state index in [1.807, 2.05) is 12.4 Å². The van der Waals surface area contributed by atoms with Gasteiger partial charge in [0.25, 0.3) is 11.5 Å². The largest absolute Gasteiger partial charge is 0.307 e. The molecule has 0 amide bonds. The molecule has 0 radical (unpaired) electrons. The van der Waals surface area contributed by atoms with E-state index >= 15 is 0 Å². The molecule has 4 heterocycles. The average Bonchev–Trinajstić information content (AvgIpc) is 3.31. The van der Waals surface area contributed by atoms with E-state index in [4.69, 9.17) is 0 Å². The summed E-state index contributed by atoms with van der Waals surface area (Å²) >= 11 is 0. The fourth-order valence-corrected chi connectivity index (χ4v) is 4.39. The molecule has 1 aliphatic heterocycles. The van der Waals surface area contributed by atoms with Crippen LogP contribution in [0.5, 0.6) is 0 Å². The van der Waals surface area contributed by atoms with Crippen molar-refractivity contribution in [3.05, 3.63) is 78.6 Å². The highest BCUT2D eigenvalue weighted by Crippen LogP contribution is 2.37. The zero-order valence-corrected chi connectivity index (χ0v) is 14.4. The summed E-state index contributed by atoms with van der Waals surface area (Å²) in [6.45, 7) is 0.864. The molecule has 0 N–H and O–H groups in total. The Kier molecular flexibility index (Phi) is 2.57. The lowest BCUT2D eigenvalue weighted by atomic mass is 10.1. The fraction of sp³-hybridized carbons (Fsp3) is 0.0909. The monoisotopic (exact) mass is 337 g/mol. The first-order valence-electron chi connectivity index (χ1n) is 8.85. The third kappa shape index (κ3) is 1.59. The Bertz CT molecular complexity index is 1310. The van der Waals surface area contributed by atoms with Crippen LogP contribution in [0.2, 0.25) is 0 Å². The zero-order chi connectivity index (χ0) is 17.3. The molecule has 3 aromatic heterocycles. The molecule has 6 rings (SSSR count). The maximum Gasteiger partial charge on any atom is 0.297 e. The Morgan fingerprint density at radius 2 is 1.77 bits per heavy atom. The zero-order valence-electron chi connectivity index (χ0n) is 14.4. The van der Waals surface area contributed by atoms with E-state index in [1.54, 1.807) is 0 Å². The summed E-state index contributed by atoms with van der Waals surface area (Å²) in [4.78, 5) is 4.34. The van der Waals surface area contributed by atoms with Gasteiger partial charge in [-0.05, 0) is 30.3 Å². The quantitative estimate of drug-likeness (QED) is 0.419. The molecule has 5 aromatic rings. The molecule has 0 aliphatic carbocycles. The Labute approximate surface area is 150 Å². The molecule has 0 atom stereocenters. The van der Waals surface area contributed by atoms with Crippen molar-refractivity contribution >= 4 is 22.1 Å². The third-order valence-electron chi connectivity index (χ3n) is 5.49. The predicted molar refractivity (Wildman–Crippen MR) is 102 cm³/mol. The van der Waals surface area contributed by atoms with Gasteiger partial charge in [-0.15, -0.1) is 0 Å². The van der Waals surface area contributed by atoms with Crippen LogP contribution < -0.4 is 4.57 Å². The van der Waals surface area contributed by atoms with E-state index in [2.05, 4.69) is 86.4 Å². The van der Waals surface area contributed by atoms with Crippen LogP contribution in [0, 0.1) is 0 Å². The summed E-state index contributed by atoms with van der Waals surface area (Å²) in [6, 6.07) is 21.4. The number of imidazole rings is 1. The van der Waals surface area contributed by atoms with Gasteiger partial charge in [0.15, 0.2) is 0 Å². The lowest BCUT2D eigenvalue weighted by molar-refractivity contribution is -0.645. The van der Waals surface area contributed by atoms with Crippen molar-refractivity contribution in [3.8, 4) is 17.1 Å². The van der Waals surface area contributed by atoms with Crippen LogP contribution in [-0.4, -0.2) is 14.1 Å². The van der Waals surface area contributed by atoms with Crippen LogP contribution in [0.3, 0.4) is 0 Å². The summed E-state index contributed by atoms with van der Waals surface area (Å²) in [6.07, 6.45) is 3.88. The second kappa shape index (κ2) is 4.82. The lowest BCUT2D eigenvalue weighted by Gasteiger charge is -2.03. The van der Waals surface area contributed by atoms with Crippen LogP contribution in [0.25, 0.3) is 39.1 Å². The Balaban J connectivity index is 1.87. The second-order valence-corrected chi connectivity index (χ2v) is 6.86. The molecule has 26 heavy (non-hydrogen) atoms. The molecule has 0 saturated heterocycles. The van der Waals surface area contributed by atoms with Gasteiger partial charge in [-0.3, -0.25) is 4.98 Å². The van der Waals surface area contributed by atoms with Crippen molar-refractivity contribution < 1.29 is 4.57 Å². The number of pyridine rings is 1. The molecule has 1 aliphatic rings. The number of hydrogen-bond acceptors (Lipinski definition) is 1. The van der Waals surface area contributed by atoms with Gasteiger partial charge in [0.2, 0.25) is 5.52 Å². The highest BCUT2D eigenvalue weighted by Gasteiger charge is 2.37. The number of nitrogens with zero attached hydrogens (tertiary/aromatic N) is 4. The maximum atomic E-state index is 4.34. The molecule has 0 unspecified atom stereocenters. The van der Waals surface area contributed by atoms with Crippen molar-refractivity contribution in [2.24, 2.45) is 7.05 Å². The van der Waals surface area contributed by atoms with Crippen LogP contribution >= 0.6 is 0 Å². The molecule has 0 spiro atoms. The van der Waals surface area contributed by atoms with Crippen molar-refractivity contribution in [3.63, 3.8) is 0 Å². The molecule has 0 bridgehead atoms. The SMILES string of the molecule is Cn1c2ccccc2c2c1n(-c1ccccc1)c1[n+]2Cc2cnccc2-1. The Hall–Kier alpha value is -3.40. The average molecular weight is 337 g/mol. The summed E-state index contributed by atoms with van der Waals surface area (Å²) in [7, 11) is 2.16. The summed E-state index contributed by atoms with van der Waals surface area (Å²) in [5.41, 5.74) is 7.51. The van der Waals surface area contributed by atoms with Crippen LogP contribution in [0.15, 0.2) is 73.1 Å². The highest BCUT2D eigenvalue weighted by atomic mass is 15.3. The highest BCUT2D eigenvalue weighted by molar-refractivity contribution is 6.04. The first-order chi connectivity index (χ1) is 12.8. The number of benzene rings is 2. The number of para-hydroxylation sites is 2. The van der Waals surface area contributed by atoms with Gasteiger partial charge in [-0.2, -0.15) is 4.57 Å². The predicted octanol–water partition coefficient (Wildman–Crippen LogP) is 3.83. The number of hydrogen-bond donors (Lipinski definition) is 0. The third-order valence-corrected chi connectivity index (χ3v) is 5.49. The van der Waals surface area contributed by atoms with E-state index in [0.717, 1.165) is 6.54 Å². The van der Waals surface area contributed by atoms with E-state index in [-0.39, 0.29) is 0 Å². The van der Waals surface area contributed by atoms with Gasteiger partial charge in [0.05, 0.1) is 16.5 Å². The lowest BCUT2D eigenvalue weighted by Crippen LogP contribution is -2.31. The van der Waals surface area contributed by atoms with Crippen LogP contribution in [-0.2, 0) is 13.6 Å². The molecule has 4 heteroatoms. The van der Waals surface area contributed by atoms with Crippen LogP contribution in [0.4, 0.5) is 0 Å². The first kappa shape index (κ1) is 13.8. The second-order valence-electron chi connectivity index (χ2n) is 6.86. The minimum atomic E-state index is 0.864. The van der Waals surface area contributed by atoms with Crippen molar-refractivity contribution in [1.82, 2.24) is 14.1 Å². The van der Waals surface area contributed by atoms with Gasteiger partial charge < -0.3 is 4.57 Å². The molecule has 0 saturated carbocycles. The molecule has 2 aromatic carbocycles. The number of aromatic nitrogens is 4. The first-order valence-corrected chi connectivity index (χ1v) is 8.85. The fourth-order valence-electron chi connectivity index (χ4n) is 4.39. The number of fused-ring (bicyclic) bond motifs is 7. The molecular weight excluding hydrogens is 320 g/mol. The number of rotatable bonds is 1. The smallest absolute Gasteiger partial charge is 0.297 e. The van der Waals surface area contributed by atoms with Crippen molar-refractivity contribution in [1.29, 1.82) is 0 Å². The van der Waals surface area contributed by atoms with E-state index in [0.29, 0.717) is 0 Å². The van der Waals surface area contributed by atoms with E-state index in [1.165, 1.54) is 44.7 Å². The normalized spacial score (nSPS) is 12.7. The molecule has 4 nitrogen and oxygen atoms in total. The van der Waals surface area contributed by atoms with Crippen molar-refractivity contribution in [2.75, 3.05) is 0 Å². The summed E-state index contributed by atoms with van der Waals surface area (Å²) in [5.74, 6) is 1.24. The Morgan fingerprint density at radius 1 is 0.962 bits per heavy atom. The van der Waals surface area contributed by atoms with E-state index in [9.17, 15) is 0 Å². The maximum absolute atomic E-state index is 4.34. The van der Waals surface area contributed by atoms with Crippen molar-refractivity contribution in [2.45, 2.75) is 6.54 Å². The molecule has 124 valence electrons. The van der Waals surface area contributed by atoms with Gasteiger partial charge in [0, 0.05) is 25.0 Å². The van der Waals surface area contributed by atoms with Gasteiger partial charge in [-0.25, -0.2) is 4.57 Å². The summed E-state index contributed by atoms with van der Waals surface area (Å²) in [5, 5.41) is 1.29. The molecule has 0 fully saturated rings. The van der Waals surface area contributed by atoms with Gasteiger partial charge in [0.1, 0.15) is 12.2 Å². The minimum absolute atomic E-state index is 0.864.